The monoisotopic (exact) mass is 307 g/mol. The van der Waals surface area contributed by atoms with Crippen LogP contribution in [-0.2, 0) is 4.74 Å². The zero-order valence-electron chi connectivity index (χ0n) is 10.4. The van der Waals surface area contributed by atoms with E-state index in [1.807, 2.05) is 0 Å². The summed E-state index contributed by atoms with van der Waals surface area (Å²) >= 11 is 5.85. The van der Waals surface area contributed by atoms with Crippen molar-refractivity contribution in [2.75, 3.05) is 13.2 Å². The maximum atomic E-state index is 11.9. The van der Waals surface area contributed by atoms with Crippen LogP contribution in [0.2, 0.25) is 5.02 Å². The molecule has 0 bridgehead atoms. The lowest BCUT2D eigenvalue weighted by atomic mass is 10.1. The van der Waals surface area contributed by atoms with Crippen molar-refractivity contribution >= 4 is 22.6 Å². The van der Waals surface area contributed by atoms with E-state index in [0.717, 1.165) is 5.39 Å². The number of ether oxygens (including phenoxy) is 1. The molecule has 0 saturated heterocycles. The quantitative estimate of drug-likeness (QED) is 0.848. The predicted octanol–water partition coefficient (Wildman–Crippen LogP) is 4.06. The second-order valence-corrected chi connectivity index (χ2v) is 4.83. The van der Waals surface area contributed by atoms with Crippen LogP contribution in [0.5, 0.6) is 0 Å². The van der Waals surface area contributed by atoms with Gasteiger partial charge in [0.25, 0.3) is 0 Å². The number of hydrogen-bond acceptors (Lipinski definition) is 3. The zero-order chi connectivity index (χ0) is 14.8. The molecule has 20 heavy (non-hydrogen) atoms. The van der Waals surface area contributed by atoms with Crippen molar-refractivity contribution in [1.82, 2.24) is 0 Å². The Kier molecular flexibility index (Phi) is 4.57. The lowest BCUT2D eigenvalue weighted by Gasteiger charge is -2.10. The molecule has 2 rings (SSSR count). The third-order valence-electron chi connectivity index (χ3n) is 2.70. The molecule has 0 aliphatic carbocycles. The molecule has 1 aromatic carbocycles. The molecule has 110 valence electrons. The van der Waals surface area contributed by atoms with Gasteiger partial charge in [-0.1, -0.05) is 11.6 Å². The van der Waals surface area contributed by atoms with Gasteiger partial charge in [-0.25, -0.2) is 0 Å². The van der Waals surface area contributed by atoms with Crippen molar-refractivity contribution in [3.05, 3.63) is 35.0 Å². The maximum absolute atomic E-state index is 11.9. The van der Waals surface area contributed by atoms with Gasteiger partial charge in [-0.05, 0) is 30.7 Å². The average Bonchev–Trinajstić information content (AvgIpc) is 2.76. The highest BCUT2D eigenvalue weighted by Crippen LogP contribution is 2.27. The first-order valence-corrected chi connectivity index (χ1v) is 6.32. The summed E-state index contributed by atoms with van der Waals surface area (Å²) in [7, 11) is 0. The number of nitrogens with two attached hydrogens (primary N) is 1. The van der Waals surface area contributed by atoms with Gasteiger partial charge in [0, 0.05) is 17.0 Å². The normalized spacial score (nSPS) is 13.8. The van der Waals surface area contributed by atoms with Gasteiger partial charge < -0.3 is 14.9 Å². The summed E-state index contributed by atoms with van der Waals surface area (Å²) in [6.45, 7) is -1.35. The topological polar surface area (TPSA) is 48.4 Å². The fraction of sp³-hybridized carbons (Fsp3) is 0.385. The molecule has 2 N–H and O–H groups in total. The Morgan fingerprint density at radius 1 is 1.30 bits per heavy atom. The van der Waals surface area contributed by atoms with Crippen LogP contribution < -0.4 is 5.73 Å². The summed E-state index contributed by atoms with van der Waals surface area (Å²) < 4.78 is 45.7. The minimum atomic E-state index is -4.32. The van der Waals surface area contributed by atoms with E-state index in [1.54, 1.807) is 24.3 Å². The number of benzene rings is 1. The van der Waals surface area contributed by atoms with Gasteiger partial charge in [0.15, 0.2) is 0 Å². The number of alkyl halides is 3. The third kappa shape index (κ3) is 4.13. The molecule has 1 unspecified atom stereocenters. The SMILES string of the molecule is NC(CCOCC(F)(F)F)c1cc2cc(Cl)ccc2o1. The maximum Gasteiger partial charge on any atom is 0.411 e. The molecule has 1 aromatic heterocycles. The first-order chi connectivity index (χ1) is 9.35. The van der Waals surface area contributed by atoms with E-state index in [1.165, 1.54) is 0 Å². The molecular weight excluding hydrogens is 295 g/mol. The fourth-order valence-corrected chi connectivity index (χ4v) is 1.94. The molecule has 7 heteroatoms. The first-order valence-electron chi connectivity index (χ1n) is 5.94. The Hall–Kier alpha value is -1.24. The Morgan fingerprint density at radius 3 is 2.75 bits per heavy atom. The van der Waals surface area contributed by atoms with Crippen molar-refractivity contribution in [1.29, 1.82) is 0 Å². The number of halogens is 4. The lowest BCUT2D eigenvalue weighted by molar-refractivity contribution is -0.174. The molecule has 0 fully saturated rings. The van der Waals surface area contributed by atoms with Crippen LogP contribution in [0.3, 0.4) is 0 Å². The van der Waals surface area contributed by atoms with Crippen molar-refractivity contribution < 1.29 is 22.3 Å². The van der Waals surface area contributed by atoms with Crippen LogP contribution >= 0.6 is 11.6 Å². The summed E-state index contributed by atoms with van der Waals surface area (Å²) in [5.74, 6) is 0.498. The molecular formula is C13H13ClF3NO2. The third-order valence-corrected chi connectivity index (χ3v) is 2.94. The Balaban J connectivity index is 1.92. The van der Waals surface area contributed by atoms with Gasteiger partial charge >= 0.3 is 6.18 Å². The molecule has 0 spiro atoms. The van der Waals surface area contributed by atoms with Crippen LogP contribution in [0.4, 0.5) is 13.2 Å². The molecule has 0 amide bonds. The number of furan rings is 1. The molecule has 1 heterocycles. The fourth-order valence-electron chi connectivity index (χ4n) is 1.76. The summed E-state index contributed by atoms with van der Waals surface area (Å²) in [4.78, 5) is 0. The molecule has 0 saturated carbocycles. The Morgan fingerprint density at radius 2 is 2.05 bits per heavy atom. The van der Waals surface area contributed by atoms with Crippen LogP contribution in [-0.4, -0.2) is 19.4 Å². The van der Waals surface area contributed by atoms with E-state index in [4.69, 9.17) is 21.8 Å². The van der Waals surface area contributed by atoms with Crippen LogP contribution in [0, 0.1) is 0 Å². The molecule has 0 aliphatic rings. The highest BCUT2D eigenvalue weighted by molar-refractivity contribution is 6.31. The standard InChI is InChI=1S/C13H13ClF3NO2/c14-9-1-2-11-8(5-9)6-12(20-11)10(18)3-4-19-7-13(15,16)17/h1-2,5-6,10H,3-4,7,18H2. The van der Waals surface area contributed by atoms with Crippen LogP contribution in [0.1, 0.15) is 18.2 Å². The van der Waals surface area contributed by atoms with Crippen molar-refractivity contribution in [2.24, 2.45) is 5.73 Å². The summed E-state index contributed by atoms with van der Waals surface area (Å²) in [5.41, 5.74) is 6.49. The molecule has 1 atom stereocenters. The lowest BCUT2D eigenvalue weighted by Crippen LogP contribution is -2.19. The second kappa shape index (κ2) is 6.03. The predicted molar refractivity (Wildman–Crippen MR) is 69.6 cm³/mol. The minimum Gasteiger partial charge on any atom is -0.459 e. The zero-order valence-corrected chi connectivity index (χ0v) is 11.2. The van der Waals surface area contributed by atoms with E-state index in [9.17, 15) is 13.2 Å². The highest BCUT2D eigenvalue weighted by atomic mass is 35.5. The van der Waals surface area contributed by atoms with Crippen molar-refractivity contribution in [2.45, 2.75) is 18.6 Å². The van der Waals surface area contributed by atoms with Crippen LogP contribution in [0.15, 0.2) is 28.7 Å². The van der Waals surface area contributed by atoms with Gasteiger partial charge in [0.2, 0.25) is 0 Å². The summed E-state index contributed by atoms with van der Waals surface area (Å²) in [6, 6.07) is 6.35. The number of rotatable bonds is 5. The van der Waals surface area contributed by atoms with Gasteiger partial charge in [-0.15, -0.1) is 0 Å². The van der Waals surface area contributed by atoms with E-state index < -0.39 is 18.8 Å². The summed E-state index contributed by atoms with van der Waals surface area (Å²) in [6.07, 6.45) is -4.08. The molecule has 0 aliphatic heterocycles. The van der Waals surface area contributed by atoms with Gasteiger partial charge in [0.1, 0.15) is 18.0 Å². The van der Waals surface area contributed by atoms with Gasteiger partial charge in [-0.2, -0.15) is 13.2 Å². The van der Waals surface area contributed by atoms with E-state index >= 15 is 0 Å². The highest BCUT2D eigenvalue weighted by Gasteiger charge is 2.27. The van der Waals surface area contributed by atoms with E-state index in [2.05, 4.69) is 4.74 Å². The van der Waals surface area contributed by atoms with Gasteiger partial charge in [-0.3, -0.25) is 0 Å². The average molecular weight is 308 g/mol. The van der Waals surface area contributed by atoms with E-state index in [0.29, 0.717) is 16.4 Å². The molecule has 0 radical (unpaired) electrons. The number of fused-ring (bicyclic) bond motifs is 1. The Bertz CT molecular complexity index is 582. The van der Waals surface area contributed by atoms with Crippen LogP contribution in [0.25, 0.3) is 11.0 Å². The molecule has 2 aromatic rings. The first kappa shape index (κ1) is 15.2. The number of hydrogen-bond donors (Lipinski definition) is 1. The largest absolute Gasteiger partial charge is 0.459 e. The van der Waals surface area contributed by atoms with Crippen molar-refractivity contribution in [3.63, 3.8) is 0 Å². The summed E-state index contributed by atoms with van der Waals surface area (Å²) in [5, 5.41) is 1.38. The minimum absolute atomic E-state index is 0.0848. The second-order valence-electron chi connectivity index (χ2n) is 4.39. The molecule has 3 nitrogen and oxygen atoms in total. The Labute approximate surface area is 118 Å². The van der Waals surface area contributed by atoms with Gasteiger partial charge in [0.05, 0.1) is 6.04 Å². The van der Waals surface area contributed by atoms with E-state index in [-0.39, 0.29) is 13.0 Å². The van der Waals surface area contributed by atoms with Crippen molar-refractivity contribution in [3.8, 4) is 0 Å². The smallest absolute Gasteiger partial charge is 0.411 e.